The minimum atomic E-state index is -0.299. The first kappa shape index (κ1) is 19.5. The second kappa shape index (κ2) is 10.9. The molecule has 3 N–H and O–H groups in total. The molecule has 1 heterocycles. The molecule has 2 rings (SSSR count). The lowest BCUT2D eigenvalue weighted by Crippen LogP contribution is -2.30. The minimum absolute atomic E-state index is 0.00631. The Morgan fingerprint density at radius 3 is 2.46 bits per heavy atom. The van der Waals surface area contributed by atoms with E-state index in [1.807, 2.05) is 12.1 Å². The average Bonchev–Trinajstić information content (AvgIpc) is 3.13. The van der Waals surface area contributed by atoms with Gasteiger partial charge in [-0.25, -0.2) is 4.79 Å². The lowest BCUT2D eigenvalue weighted by molar-refractivity contribution is -0.119. The molecule has 8 nitrogen and oxygen atoms in total. The van der Waals surface area contributed by atoms with Gasteiger partial charge < -0.3 is 29.8 Å². The maximum atomic E-state index is 11.8. The van der Waals surface area contributed by atoms with Crippen LogP contribution in [0.5, 0.6) is 0 Å². The van der Waals surface area contributed by atoms with Crippen molar-refractivity contribution in [1.82, 2.24) is 5.32 Å². The Hall–Kier alpha value is -2.84. The van der Waals surface area contributed by atoms with Gasteiger partial charge in [0.05, 0.1) is 6.26 Å². The number of nitrogens with one attached hydrogen (secondary N) is 3. The van der Waals surface area contributed by atoms with Crippen LogP contribution in [0.2, 0.25) is 0 Å². The number of furan rings is 1. The third kappa shape index (κ3) is 7.37. The smallest absolute Gasteiger partial charge is 0.319 e. The number of ether oxygens (including phenoxy) is 2. The van der Waals surface area contributed by atoms with Crippen molar-refractivity contribution < 1.29 is 23.5 Å². The van der Waals surface area contributed by atoms with Crippen LogP contribution >= 0.6 is 0 Å². The van der Waals surface area contributed by atoms with Gasteiger partial charge in [-0.15, -0.1) is 0 Å². The molecular weight excluding hydrogens is 338 g/mol. The van der Waals surface area contributed by atoms with E-state index in [-0.39, 0.29) is 18.5 Å². The number of hydrogen-bond acceptors (Lipinski definition) is 5. The zero-order valence-electron chi connectivity index (χ0n) is 14.6. The fourth-order valence-corrected chi connectivity index (χ4v) is 2.08. The summed E-state index contributed by atoms with van der Waals surface area (Å²) in [6.07, 6.45) is 2.29. The average molecular weight is 361 g/mol. The number of anilines is 2. The van der Waals surface area contributed by atoms with E-state index >= 15 is 0 Å². The predicted octanol–water partition coefficient (Wildman–Crippen LogP) is 2.59. The number of benzene rings is 1. The number of rotatable bonds is 10. The lowest BCUT2D eigenvalue weighted by Gasteiger charge is -2.09. The van der Waals surface area contributed by atoms with Crippen LogP contribution in [0.15, 0.2) is 47.1 Å². The number of urea groups is 1. The Morgan fingerprint density at radius 2 is 1.81 bits per heavy atom. The number of carbonyl (C=O) groups excluding carboxylic acids is 2. The summed E-state index contributed by atoms with van der Waals surface area (Å²) in [6.45, 7) is 1.44. The molecule has 0 saturated carbocycles. The Morgan fingerprint density at radius 1 is 1.08 bits per heavy atom. The van der Waals surface area contributed by atoms with E-state index in [2.05, 4.69) is 16.0 Å². The first-order valence-electron chi connectivity index (χ1n) is 8.21. The van der Waals surface area contributed by atoms with Gasteiger partial charge in [-0.05, 0) is 42.8 Å². The monoisotopic (exact) mass is 361 g/mol. The molecule has 140 valence electrons. The van der Waals surface area contributed by atoms with E-state index in [0.717, 1.165) is 5.76 Å². The maximum absolute atomic E-state index is 11.8. The fourth-order valence-electron chi connectivity index (χ4n) is 2.08. The minimum Gasteiger partial charge on any atom is -0.467 e. The highest BCUT2D eigenvalue weighted by Gasteiger charge is 2.04. The molecule has 0 atom stereocenters. The van der Waals surface area contributed by atoms with E-state index in [1.54, 1.807) is 30.5 Å². The molecule has 0 radical (unpaired) electrons. The topological polar surface area (TPSA) is 102 Å². The Bertz CT molecular complexity index is 671. The molecule has 0 spiro atoms. The highest BCUT2D eigenvalue weighted by Crippen LogP contribution is 2.13. The van der Waals surface area contributed by atoms with Gasteiger partial charge in [-0.2, -0.15) is 0 Å². The van der Waals surface area contributed by atoms with Gasteiger partial charge in [0.1, 0.15) is 19.0 Å². The highest BCUT2D eigenvalue weighted by molar-refractivity contribution is 5.93. The summed E-state index contributed by atoms with van der Waals surface area (Å²) in [5.74, 6) is 0.540. The van der Waals surface area contributed by atoms with E-state index < -0.39 is 0 Å². The van der Waals surface area contributed by atoms with Crippen molar-refractivity contribution in [1.29, 1.82) is 0 Å². The quantitative estimate of drug-likeness (QED) is 0.565. The SMILES string of the molecule is COCC(=O)Nc1ccc(NC(=O)NCCCOCc2ccco2)cc1. The molecule has 0 aliphatic heterocycles. The van der Waals surface area contributed by atoms with Crippen LogP contribution in [-0.2, 0) is 20.9 Å². The van der Waals surface area contributed by atoms with Crippen molar-refractivity contribution in [2.75, 3.05) is 37.5 Å². The van der Waals surface area contributed by atoms with E-state index in [4.69, 9.17) is 13.9 Å². The molecule has 0 fully saturated rings. The lowest BCUT2D eigenvalue weighted by atomic mass is 10.3. The van der Waals surface area contributed by atoms with Crippen molar-refractivity contribution in [2.45, 2.75) is 13.0 Å². The first-order valence-corrected chi connectivity index (χ1v) is 8.21. The summed E-state index contributed by atoms with van der Waals surface area (Å²) in [5.41, 5.74) is 1.26. The van der Waals surface area contributed by atoms with Crippen LogP contribution in [0.1, 0.15) is 12.2 Å². The summed E-state index contributed by atoms with van der Waals surface area (Å²) in [4.78, 5) is 23.2. The van der Waals surface area contributed by atoms with Gasteiger partial charge >= 0.3 is 6.03 Å². The van der Waals surface area contributed by atoms with Crippen LogP contribution < -0.4 is 16.0 Å². The van der Waals surface area contributed by atoms with Crippen molar-refractivity contribution in [2.24, 2.45) is 0 Å². The van der Waals surface area contributed by atoms with Gasteiger partial charge in [0.15, 0.2) is 0 Å². The summed E-state index contributed by atoms with van der Waals surface area (Å²) in [6, 6.07) is 10.2. The molecule has 0 aliphatic rings. The normalized spacial score (nSPS) is 10.3. The fraction of sp³-hybridized carbons (Fsp3) is 0.333. The predicted molar refractivity (Wildman–Crippen MR) is 97.0 cm³/mol. The molecule has 0 bridgehead atoms. The maximum Gasteiger partial charge on any atom is 0.319 e. The van der Waals surface area contributed by atoms with Gasteiger partial charge in [0, 0.05) is 31.6 Å². The molecule has 0 saturated heterocycles. The van der Waals surface area contributed by atoms with E-state index in [1.165, 1.54) is 7.11 Å². The largest absolute Gasteiger partial charge is 0.467 e. The summed E-state index contributed by atoms with van der Waals surface area (Å²) in [7, 11) is 1.45. The van der Waals surface area contributed by atoms with Crippen LogP contribution in [0, 0.1) is 0 Å². The van der Waals surface area contributed by atoms with Crippen molar-refractivity contribution in [3.8, 4) is 0 Å². The zero-order valence-corrected chi connectivity index (χ0v) is 14.6. The van der Waals surface area contributed by atoms with Crippen molar-refractivity contribution >= 4 is 23.3 Å². The molecule has 3 amide bonds. The molecule has 26 heavy (non-hydrogen) atoms. The second-order valence-corrected chi connectivity index (χ2v) is 5.42. The van der Waals surface area contributed by atoms with Crippen LogP contribution in [-0.4, -0.2) is 38.8 Å². The molecule has 8 heteroatoms. The van der Waals surface area contributed by atoms with Gasteiger partial charge in [0.2, 0.25) is 5.91 Å². The Kier molecular flexibility index (Phi) is 8.17. The highest BCUT2D eigenvalue weighted by atomic mass is 16.5. The zero-order chi connectivity index (χ0) is 18.6. The van der Waals surface area contributed by atoms with Gasteiger partial charge in [-0.1, -0.05) is 0 Å². The van der Waals surface area contributed by atoms with Gasteiger partial charge in [0.25, 0.3) is 0 Å². The van der Waals surface area contributed by atoms with Crippen molar-refractivity contribution in [3.63, 3.8) is 0 Å². The second-order valence-electron chi connectivity index (χ2n) is 5.42. The Balaban J connectivity index is 1.59. The summed E-state index contributed by atoms with van der Waals surface area (Å²) in [5, 5.41) is 8.14. The molecule has 1 aromatic heterocycles. The molecule has 0 aliphatic carbocycles. The molecule has 1 aromatic carbocycles. The summed E-state index contributed by atoms with van der Waals surface area (Å²) >= 11 is 0. The molecule has 2 aromatic rings. The standard InChI is InChI=1S/C18H23N3O5/c1-24-13-17(22)20-14-5-7-15(8-6-14)21-18(23)19-9-3-10-25-12-16-4-2-11-26-16/h2,4-8,11H,3,9-10,12-13H2,1H3,(H,20,22)(H2,19,21,23). The summed E-state index contributed by atoms with van der Waals surface area (Å²) < 4.78 is 15.3. The Labute approximate surface area is 151 Å². The number of methoxy groups -OCH3 is 1. The van der Waals surface area contributed by atoms with Crippen LogP contribution in [0.4, 0.5) is 16.2 Å². The molecule has 0 unspecified atom stereocenters. The van der Waals surface area contributed by atoms with E-state index in [0.29, 0.717) is 37.6 Å². The third-order valence-corrected chi connectivity index (χ3v) is 3.28. The number of carbonyl (C=O) groups is 2. The van der Waals surface area contributed by atoms with Crippen LogP contribution in [0.25, 0.3) is 0 Å². The van der Waals surface area contributed by atoms with Crippen LogP contribution in [0.3, 0.4) is 0 Å². The molecular formula is C18H23N3O5. The third-order valence-electron chi connectivity index (χ3n) is 3.28. The van der Waals surface area contributed by atoms with E-state index in [9.17, 15) is 9.59 Å². The van der Waals surface area contributed by atoms with Crippen molar-refractivity contribution in [3.05, 3.63) is 48.4 Å². The number of amides is 3. The van der Waals surface area contributed by atoms with Gasteiger partial charge in [-0.3, -0.25) is 4.79 Å². The number of hydrogen-bond donors (Lipinski definition) is 3. The first-order chi connectivity index (χ1) is 12.7.